The predicted molar refractivity (Wildman–Crippen MR) is 100.0 cm³/mol. The fourth-order valence-corrected chi connectivity index (χ4v) is 4.87. The number of hydrogen-bond donors (Lipinski definition) is 1. The van der Waals surface area contributed by atoms with Crippen LogP contribution in [0.1, 0.15) is 24.5 Å². The summed E-state index contributed by atoms with van der Waals surface area (Å²) in [5, 5.41) is 15.7. The summed E-state index contributed by atoms with van der Waals surface area (Å²) in [7, 11) is 0. The van der Waals surface area contributed by atoms with Crippen LogP contribution >= 0.6 is 11.8 Å². The Kier molecular flexibility index (Phi) is 4.14. The lowest BCUT2D eigenvalue weighted by Crippen LogP contribution is -2.30. The fraction of sp³-hybridized carbons (Fsp3) is 0.368. The maximum absolute atomic E-state index is 12.9. The SMILES string of the molecule is Cc1cc(C(F)(F)F)cc(O)c1-c1ccc2cn([C@@]3(C)CCSC3)nc2n1. The molecule has 1 aliphatic heterocycles. The standard InChI is InChI=1S/C19H18F3N3OS/c1-11-7-13(19(20,21)22)8-15(26)16(11)14-4-3-12-9-25(24-17(12)23-14)18(2)5-6-27-10-18/h3-4,7-9,26H,5-6,10H2,1-2H3/t18-/m0/s1. The summed E-state index contributed by atoms with van der Waals surface area (Å²) in [6.45, 7) is 3.69. The van der Waals surface area contributed by atoms with Crippen LogP contribution in [-0.4, -0.2) is 31.4 Å². The van der Waals surface area contributed by atoms with Gasteiger partial charge in [0.05, 0.1) is 16.8 Å². The van der Waals surface area contributed by atoms with Gasteiger partial charge in [-0.15, -0.1) is 0 Å². The highest BCUT2D eigenvalue weighted by molar-refractivity contribution is 7.99. The third kappa shape index (κ3) is 3.16. The van der Waals surface area contributed by atoms with Gasteiger partial charge in [0.15, 0.2) is 5.65 Å². The smallest absolute Gasteiger partial charge is 0.416 e. The first-order valence-corrected chi connectivity index (χ1v) is 9.69. The van der Waals surface area contributed by atoms with Crippen LogP contribution < -0.4 is 0 Å². The number of fused-ring (bicyclic) bond motifs is 1. The molecule has 0 amide bonds. The van der Waals surface area contributed by atoms with Crippen LogP contribution in [-0.2, 0) is 11.7 Å². The number of phenolic OH excluding ortho intramolecular Hbond substituents is 1. The molecular weight excluding hydrogens is 375 g/mol. The first-order valence-electron chi connectivity index (χ1n) is 8.53. The zero-order valence-electron chi connectivity index (χ0n) is 14.8. The summed E-state index contributed by atoms with van der Waals surface area (Å²) in [5.74, 6) is 1.63. The second-order valence-electron chi connectivity index (χ2n) is 7.17. The van der Waals surface area contributed by atoms with Crippen LogP contribution in [0.25, 0.3) is 22.3 Å². The van der Waals surface area contributed by atoms with Crippen molar-refractivity contribution in [3.05, 3.63) is 41.6 Å². The number of nitrogens with zero attached hydrogens (tertiary/aromatic N) is 3. The topological polar surface area (TPSA) is 50.9 Å². The number of aromatic hydroxyl groups is 1. The van der Waals surface area contributed by atoms with E-state index in [1.807, 2.05) is 28.7 Å². The molecule has 1 aromatic carbocycles. The number of rotatable bonds is 2. The molecule has 0 aliphatic carbocycles. The van der Waals surface area contributed by atoms with Crippen LogP contribution in [0.2, 0.25) is 0 Å². The third-order valence-corrected chi connectivity index (χ3v) is 6.34. The number of aryl methyl sites for hydroxylation is 1. The highest BCUT2D eigenvalue weighted by atomic mass is 32.2. The van der Waals surface area contributed by atoms with Crippen molar-refractivity contribution >= 4 is 22.8 Å². The Morgan fingerprint density at radius 1 is 1.26 bits per heavy atom. The first kappa shape index (κ1) is 18.2. The molecule has 1 N–H and O–H groups in total. The molecule has 0 bridgehead atoms. The summed E-state index contributed by atoms with van der Waals surface area (Å²) in [4.78, 5) is 4.50. The molecule has 3 heterocycles. The Labute approximate surface area is 158 Å². The number of thioether (sulfide) groups is 1. The van der Waals surface area contributed by atoms with Gasteiger partial charge in [-0.2, -0.15) is 30.0 Å². The minimum atomic E-state index is -4.51. The van der Waals surface area contributed by atoms with Gasteiger partial charge in [0.25, 0.3) is 0 Å². The van der Waals surface area contributed by atoms with Crippen LogP contribution in [0, 0.1) is 6.92 Å². The monoisotopic (exact) mass is 393 g/mol. The van der Waals surface area contributed by atoms with E-state index >= 15 is 0 Å². The molecule has 0 unspecified atom stereocenters. The van der Waals surface area contributed by atoms with Gasteiger partial charge < -0.3 is 5.11 Å². The third-order valence-electron chi connectivity index (χ3n) is 5.02. The number of benzene rings is 1. The summed E-state index contributed by atoms with van der Waals surface area (Å²) in [6, 6.07) is 5.30. The number of hydrogen-bond acceptors (Lipinski definition) is 4. The molecule has 0 spiro atoms. The Bertz CT molecular complexity index is 1000. The lowest BCUT2D eigenvalue weighted by molar-refractivity contribution is -0.137. The van der Waals surface area contributed by atoms with Crippen molar-refractivity contribution in [1.82, 2.24) is 14.8 Å². The summed E-state index contributed by atoms with van der Waals surface area (Å²) in [5.41, 5.74) is 0.595. The van der Waals surface area contributed by atoms with E-state index in [9.17, 15) is 18.3 Å². The van der Waals surface area contributed by atoms with E-state index in [-0.39, 0.29) is 5.54 Å². The highest BCUT2D eigenvalue weighted by Crippen LogP contribution is 2.39. The molecule has 0 saturated carbocycles. The Balaban J connectivity index is 1.79. The van der Waals surface area contributed by atoms with Crippen molar-refractivity contribution in [3.63, 3.8) is 0 Å². The van der Waals surface area contributed by atoms with Gasteiger partial charge in [0.1, 0.15) is 5.75 Å². The van der Waals surface area contributed by atoms with E-state index in [0.29, 0.717) is 22.5 Å². The molecule has 1 atom stereocenters. The number of alkyl halides is 3. The van der Waals surface area contributed by atoms with Gasteiger partial charge in [0.2, 0.25) is 0 Å². The molecule has 142 valence electrons. The van der Waals surface area contributed by atoms with Gasteiger partial charge in [-0.05, 0) is 55.9 Å². The van der Waals surface area contributed by atoms with Crippen molar-refractivity contribution in [1.29, 1.82) is 0 Å². The van der Waals surface area contributed by atoms with E-state index in [0.717, 1.165) is 35.4 Å². The second-order valence-corrected chi connectivity index (χ2v) is 8.27. The first-order chi connectivity index (χ1) is 12.7. The Morgan fingerprint density at radius 2 is 2.04 bits per heavy atom. The quantitative estimate of drug-likeness (QED) is 0.667. The average Bonchev–Trinajstić information content (AvgIpc) is 3.20. The van der Waals surface area contributed by atoms with E-state index in [1.54, 1.807) is 6.07 Å². The maximum Gasteiger partial charge on any atom is 0.416 e. The van der Waals surface area contributed by atoms with Crippen molar-refractivity contribution < 1.29 is 18.3 Å². The number of phenols is 1. The van der Waals surface area contributed by atoms with Crippen LogP contribution in [0.4, 0.5) is 13.2 Å². The minimum absolute atomic E-state index is 0.0576. The molecule has 1 fully saturated rings. The van der Waals surface area contributed by atoms with Crippen LogP contribution in [0.15, 0.2) is 30.5 Å². The fourth-order valence-electron chi connectivity index (χ4n) is 3.42. The predicted octanol–water partition coefficient (Wildman–Crippen LogP) is 4.98. The van der Waals surface area contributed by atoms with Crippen LogP contribution in [0.5, 0.6) is 5.75 Å². The zero-order chi connectivity index (χ0) is 19.4. The van der Waals surface area contributed by atoms with E-state index in [2.05, 4.69) is 17.0 Å². The van der Waals surface area contributed by atoms with Gasteiger partial charge in [-0.25, -0.2) is 4.98 Å². The van der Waals surface area contributed by atoms with Gasteiger partial charge in [0, 0.05) is 22.9 Å². The van der Waals surface area contributed by atoms with E-state index < -0.39 is 17.5 Å². The molecule has 4 rings (SSSR count). The van der Waals surface area contributed by atoms with Crippen LogP contribution in [0.3, 0.4) is 0 Å². The number of halogens is 3. The molecule has 27 heavy (non-hydrogen) atoms. The zero-order valence-corrected chi connectivity index (χ0v) is 15.7. The lowest BCUT2D eigenvalue weighted by Gasteiger charge is -2.22. The molecule has 8 heteroatoms. The molecule has 1 saturated heterocycles. The number of aromatic nitrogens is 3. The summed E-state index contributed by atoms with van der Waals surface area (Å²) in [6.07, 6.45) is -1.53. The largest absolute Gasteiger partial charge is 0.507 e. The van der Waals surface area contributed by atoms with Gasteiger partial charge in [-0.1, -0.05) is 0 Å². The van der Waals surface area contributed by atoms with Crippen molar-refractivity contribution in [2.75, 3.05) is 11.5 Å². The van der Waals surface area contributed by atoms with Crippen molar-refractivity contribution in [2.45, 2.75) is 32.0 Å². The second kappa shape index (κ2) is 6.15. The molecule has 0 radical (unpaired) electrons. The van der Waals surface area contributed by atoms with Crippen molar-refractivity contribution in [3.8, 4) is 17.0 Å². The van der Waals surface area contributed by atoms with Crippen molar-refractivity contribution in [2.24, 2.45) is 0 Å². The molecule has 4 nitrogen and oxygen atoms in total. The summed E-state index contributed by atoms with van der Waals surface area (Å²) >= 11 is 1.89. The summed E-state index contributed by atoms with van der Waals surface area (Å²) < 4.78 is 40.7. The molecule has 3 aromatic rings. The molecule has 2 aromatic heterocycles. The van der Waals surface area contributed by atoms with E-state index in [1.165, 1.54) is 6.92 Å². The Morgan fingerprint density at radius 3 is 2.67 bits per heavy atom. The molecular formula is C19H18F3N3OS. The Hall–Kier alpha value is -2.22. The van der Waals surface area contributed by atoms with Gasteiger partial charge in [-0.3, -0.25) is 4.68 Å². The van der Waals surface area contributed by atoms with E-state index in [4.69, 9.17) is 0 Å². The highest BCUT2D eigenvalue weighted by Gasteiger charge is 2.33. The average molecular weight is 393 g/mol. The molecule has 1 aliphatic rings. The maximum atomic E-state index is 12.9. The lowest BCUT2D eigenvalue weighted by atomic mass is 10.00. The minimum Gasteiger partial charge on any atom is -0.507 e. The van der Waals surface area contributed by atoms with Gasteiger partial charge >= 0.3 is 6.18 Å². The number of pyridine rings is 1. The normalized spacial score (nSPS) is 20.5.